The number of aryl methyl sites for hydroxylation is 1. The SMILES string of the molecule is Cn1ccnc1C(NS(=O)(=O)c1ccc(C2CCCCC2)cc1)c1ccccc1. The molecule has 1 saturated carbocycles. The number of imidazole rings is 1. The van der Waals surface area contributed by atoms with Crippen molar-refractivity contribution in [1.82, 2.24) is 14.3 Å². The number of sulfonamides is 1. The lowest BCUT2D eigenvalue weighted by atomic mass is 9.84. The van der Waals surface area contributed by atoms with E-state index in [1.165, 1.54) is 37.7 Å². The molecule has 2 aromatic carbocycles. The van der Waals surface area contributed by atoms with E-state index in [0.29, 0.717) is 11.7 Å². The molecule has 3 aromatic rings. The van der Waals surface area contributed by atoms with Crippen molar-refractivity contribution in [1.29, 1.82) is 0 Å². The standard InChI is InChI=1S/C23H27N3O2S/c1-26-17-16-24-23(26)22(20-10-6-3-7-11-20)25-29(27,28)21-14-12-19(13-15-21)18-8-4-2-5-9-18/h3,6-7,10-18,22,25H,2,4-5,8-9H2,1H3. The number of hydrogen-bond acceptors (Lipinski definition) is 3. The highest BCUT2D eigenvalue weighted by Gasteiger charge is 2.26. The summed E-state index contributed by atoms with van der Waals surface area (Å²) in [5.74, 6) is 1.21. The van der Waals surface area contributed by atoms with Crippen molar-refractivity contribution in [3.8, 4) is 0 Å². The Balaban J connectivity index is 1.61. The molecule has 1 heterocycles. The molecule has 1 atom stereocenters. The predicted octanol–water partition coefficient (Wildman–Crippen LogP) is 4.54. The molecule has 6 heteroatoms. The van der Waals surface area contributed by atoms with E-state index in [1.54, 1.807) is 18.3 Å². The topological polar surface area (TPSA) is 64.0 Å². The van der Waals surface area contributed by atoms with Gasteiger partial charge in [-0.25, -0.2) is 13.4 Å². The lowest BCUT2D eigenvalue weighted by Gasteiger charge is -2.22. The number of rotatable bonds is 6. The zero-order chi connectivity index (χ0) is 20.3. The molecule has 152 valence electrons. The Morgan fingerprint density at radius 3 is 2.31 bits per heavy atom. The maximum absolute atomic E-state index is 13.2. The van der Waals surface area contributed by atoms with Crippen molar-refractivity contribution >= 4 is 10.0 Å². The molecule has 0 aliphatic heterocycles. The third-order valence-corrected chi connectivity index (χ3v) is 7.23. The van der Waals surface area contributed by atoms with Crippen LogP contribution in [0.15, 0.2) is 71.9 Å². The first-order valence-corrected chi connectivity index (χ1v) is 11.7. The van der Waals surface area contributed by atoms with Crippen molar-refractivity contribution in [2.45, 2.75) is 49.0 Å². The van der Waals surface area contributed by atoms with Crippen molar-refractivity contribution < 1.29 is 8.42 Å². The summed E-state index contributed by atoms with van der Waals surface area (Å²) >= 11 is 0. The van der Waals surface area contributed by atoms with Gasteiger partial charge in [0.05, 0.1) is 4.90 Å². The average Bonchev–Trinajstić information content (AvgIpc) is 3.19. The number of nitrogens with zero attached hydrogens (tertiary/aromatic N) is 2. The molecule has 1 unspecified atom stereocenters. The Morgan fingerprint density at radius 2 is 1.69 bits per heavy atom. The summed E-state index contributed by atoms with van der Waals surface area (Å²) in [6, 6.07) is 16.4. The maximum Gasteiger partial charge on any atom is 0.241 e. The Hall–Kier alpha value is -2.44. The highest BCUT2D eigenvalue weighted by atomic mass is 32.2. The molecule has 1 aliphatic rings. The van der Waals surface area contributed by atoms with Gasteiger partial charge in [-0.3, -0.25) is 0 Å². The summed E-state index contributed by atoms with van der Waals surface area (Å²) in [5.41, 5.74) is 2.09. The summed E-state index contributed by atoms with van der Waals surface area (Å²) in [4.78, 5) is 4.67. The van der Waals surface area contributed by atoms with E-state index < -0.39 is 16.1 Å². The molecule has 0 amide bonds. The largest absolute Gasteiger partial charge is 0.336 e. The van der Waals surface area contributed by atoms with Crippen molar-refractivity contribution in [3.05, 3.63) is 83.9 Å². The lowest BCUT2D eigenvalue weighted by molar-refractivity contribution is 0.443. The Kier molecular flexibility index (Phi) is 5.83. The van der Waals surface area contributed by atoms with Gasteiger partial charge in [-0.05, 0) is 42.0 Å². The summed E-state index contributed by atoms with van der Waals surface area (Å²) in [6.45, 7) is 0. The summed E-state index contributed by atoms with van der Waals surface area (Å²) in [5, 5.41) is 0. The second kappa shape index (κ2) is 8.51. The first-order valence-electron chi connectivity index (χ1n) is 10.2. The predicted molar refractivity (Wildman–Crippen MR) is 114 cm³/mol. The monoisotopic (exact) mass is 409 g/mol. The van der Waals surface area contributed by atoms with E-state index in [2.05, 4.69) is 9.71 Å². The summed E-state index contributed by atoms with van der Waals surface area (Å²) in [6.07, 6.45) is 9.71. The molecular weight excluding hydrogens is 382 g/mol. The molecule has 5 nitrogen and oxygen atoms in total. The normalized spacial score (nSPS) is 16.6. The zero-order valence-corrected chi connectivity index (χ0v) is 17.5. The third kappa shape index (κ3) is 4.43. The molecule has 0 bridgehead atoms. The molecule has 29 heavy (non-hydrogen) atoms. The molecule has 0 saturated heterocycles. The van der Waals surface area contributed by atoms with Crippen LogP contribution in [-0.2, 0) is 17.1 Å². The first-order chi connectivity index (χ1) is 14.0. The van der Waals surface area contributed by atoms with Gasteiger partial charge >= 0.3 is 0 Å². The molecule has 1 aromatic heterocycles. The van der Waals surface area contributed by atoms with Crippen molar-refractivity contribution in [2.24, 2.45) is 7.05 Å². The minimum absolute atomic E-state index is 0.284. The molecule has 1 fully saturated rings. The Morgan fingerprint density at radius 1 is 1.00 bits per heavy atom. The van der Waals surface area contributed by atoms with Gasteiger partial charge in [0, 0.05) is 19.4 Å². The van der Waals surface area contributed by atoms with Crippen molar-refractivity contribution in [2.75, 3.05) is 0 Å². The zero-order valence-electron chi connectivity index (χ0n) is 16.7. The molecule has 1 N–H and O–H groups in total. The van der Waals surface area contributed by atoms with Crippen molar-refractivity contribution in [3.63, 3.8) is 0 Å². The van der Waals surface area contributed by atoms with E-state index in [-0.39, 0.29) is 4.90 Å². The molecule has 1 aliphatic carbocycles. The van der Waals surface area contributed by atoms with Crippen LogP contribution >= 0.6 is 0 Å². The fourth-order valence-electron chi connectivity index (χ4n) is 4.15. The number of hydrogen-bond donors (Lipinski definition) is 1. The molecular formula is C23H27N3O2S. The van der Waals surface area contributed by atoms with E-state index in [0.717, 1.165) is 5.56 Å². The van der Waals surface area contributed by atoms with Gasteiger partial charge in [-0.2, -0.15) is 4.72 Å². The van der Waals surface area contributed by atoms with Gasteiger partial charge in [0.25, 0.3) is 0 Å². The molecule has 0 spiro atoms. The van der Waals surface area contributed by atoms with Crippen LogP contribution in [0.3, 0.4) is 0 Å². The highest BCUT2D eigenvalue weighted by Crippen LogP contribution is 2.33. The highest BCUT2D eigenvalue weighted by molar-refractivity contribution is 7.89. The Bertz CT molecular complexity index is 1040. The van der Waals surface area contributed by atoms with Gasteiger partial charge in [0.2, 0.25) is 10.0 Å². The fraction of sp³-hybridized carbons (Fsp3) is 0.348. The van der Waals surface area contributed by atoms with Crippen LogP contribution in [0, 0.1) is 0 Å². The van der Waals surface area contributed by atoms with Crippen LogP contribution in [0.25, 0.3) is 0 Å². The number of benzene rings is 2. The Labute approximate surface area is 172 Å². The van der Waals surface area contributed by atoms with Gasteiger partial charge in [0.1, 0.15) is 11.9 Å². The third-order valence-electron chi connectivity index (χ3n) is 5.79. The molecule has 0 radical (unpaired) electrons. The van der Waals surface area contributed by atoms with E-state index >= 15 is 0 Å². The van der Waals surface area contributed by atoms with Crippen LogP contribution < -0.4 is 4.72 Å². The minimum atomic E-state index is -3.70. The van der Waals surface area contributed by atoms with Crippen LogP contribution in [0.1, 0.15) is 61.0 Å². The van der Waals surface area contributed by atoms with Gasteiger partial charge in [-0.1, -0.05) is 61.7 Å². The fourth-order valence-corrected chi connectivity index (χ4v) is 5.33. The second-order valence-corrected chi connectivity index (χ2v) is 9.48. The van der Waals surface area contributed by atoms with Crippen LogP contribution in [0.4, 0.5) is 0 Å². The van der Waals surface area contributed by atoms with E-state index in [1.807, 2.05) is 60.3 Å². The lowest BCUT2D eigenvalue weighted by Crippen LogP contribution is -2.31. The summed E-state index contributed by atoms with van der Waals surface area (Å²) < 4.78 is 31.0. The first kappa shape index (κ1) is 19.9. The maximum atomic E-state index is 13.2. The van der Waals surface area contributed by atoms with E-state index in [9.17, 15) is 8.42 Å². The second-order valence-electron chi connectivity index (χ2n) is 7.77. The van der Waals surface area contributed by atoms with Gasteiger partial charge in [0.15, 0.2) is 0 Å². The van der Waals surface area contributed by atoms with E-state index in [4.69, 9.17) is 0 Å². The van der Waals surface area contributed by atoms with Crippen LogP contribution in [-0.4, -0.2) is 18.0 Å². The van der Waals surface area contributed by atoms with Gasteiger partial charge in [-0.15, -0.1) is 0 Å². The van der Waals surface area contributed by atoms with Crippen LogP contribution in [0.5, 0.6) is 0 Å². The van der Waals surface area contributed by atoms with Gasteiger partial charge < -0.3 is 4.57 Å². The number of aromatic nitrogens is 2. The summed E-state index contributed by atoms with van der Waals surface area (Å²) in [7, 11) is -1.83. The average molecular weight is 410 g/mol. The molecule has 4 rings (SSSR count). The van der Waals surface area contributed by atoms with Crippen LogP contribution in [0.2, 0.25) is 0 Å². The number of nitrogens with one attached hydrogen (secondary N) is 1. The minimum Gasteiger partial charge on any atom is -0.336 e. The quantitative estimate of drug-likeness (QED) is 0.650. The smallest absolute Gasteiger partial charge is 0.241 e.